The molecule has 0 saturated carbocycles. The largest absolute Gasteiger partial charge is 0.351 e. The number of aromatic nitrogens is 2. The summed E-state index contributed by atoms with van der Waals surface area (Å²) in [5.74, 6) is -0.110. The summed E-state index contributed by atoms with van der Waals surface area (Å²) in [5, 5.41) is 17.0. The number of imidazole rings is 1. The number of benzene rings is 3. The van der Waals surface area contributed by atoms with Gasteiger partial charge in [0, 0.05) is 43.3 Å². The number of nitrogens with zero attached hydrogens (tertiary/aromatic N) is 4. The minimum Gasteiger partial charge on any atom is -0.351 e. The lowest BCUT2D eigenvalue weighted by Crippen LogP contribution is -2.47. The molecule has 2 N–H and O–H groups in total. The predicted octanol–water partition coefficient (Wildman–Crippen LogP) is 6.45. The van der Waals surface area contributed by atoms with Crippen molar-refractivity contribution in [3.8, 4) is 6.07 Å². The van der Waals surface area contributed by atoms with E-state index in [0.29, 0.717) is 46.8 Å². The Labute approximate surface area is 255 Å². The first kappa shape index (κ1) is 30.1. The van der Waals surface area contributed by atoms with Crippen LogP contribution in [0, 0.1) is 11.3 Å². The number of rotatable bonds is 11. The Morgan fingerprint density at radius 3 is 2.56 bits per heavy atom. The van der Waals surface area contributed by atoms with Crippen LogP contribution in [0.15, 0.2) is 85.3 Å². The number of nitrogens with one attached hydrogen (secondary N) is 2. The molecule has 1 heterocycles. The van der Waals surface area contributed by atoms with Gasteiger partial charge >= 0.3 is 0 Å². The van der Waals surface area contributed by atoms with Gasteiger partial charge in [0.25, 0.3) is 0 Å². The summed E-state index contributed by atoms with van der Waals surface area (Å²) < 4.78 is 1.94. The summed E-state index contributed by atoms with van der Waals surface area (Å²) in [4.78, 5) is 19.4. The Kier molecular flexibility index (Phi) is 10.7. The zero-order chi connectivity index (χ0) is 29.2. The van der Waals surface area contributed by atoms with Gasteiger partial charge in [-0.2, -0.15) is 5.26 Å². The van der Waals surface area contributed by atoms with Crippen LogP contribution in [0.4, 0.5) is 5.69 Å². The average Bonchev–Trinajstić information content (AvgIpc) is 3.41. The number of amides is 1. The maximum Gasteiger partial charge on any atom is 0.226 e. The third kappa shape index (κ3) is 8.54. The van der Waals surface area contributed by atoms with Crippen molar-refractivity contribution < 1.29 is 4.79 Å². The smallest absolute Gasteiger partial charge is 0.226 e. The maximum atomic E-state index is 13.2. The number of anilines is 1. The number of carbonyl (C=O) groups is 1. The zero-order valence-corrected chi connectivity index (χ0v) is 24.9. The number of thiocarbonyl (C=S) groups is 1. The molecule has 0 bridgehead atoms. The molecule has 7 nitrogen and oxygen atoms in total. The molecule has 0 aliphatic carbocycles. The molecule has 0 fully saturated rings. The van der Waals surface area contributed by atoms with Gasteiger partial charge in [0.05, 0.1) is 34.4 Å². The first-order valence-corrected chi connectivity index (χ1v) is 14.3. The van der Waals surface area contributed by atoms with E-state index in [0.717, 1.165) is 22.5 Å². The molecule has 10 heteroatoms. The van der Waals surface area contributed by atoms with E-state index in [1.54, 1.807) is 30.7 Å². The fraction of sp³-hybridized carbons (Fsp3) is 0.226. The van der Waals surface area contributed by atoms with Crippen LogP contribution in [0.2, 0.25) is 10.0 Å². The second-order valence-electron chi connectivity index (χ2n) is 9.56. The van der Waals surface area contributed by atoms with Crippen LogP contribution >= 0.6 is 35.4 Å². The fourth-order valence-electron chi connectivity index (χ4n) is 4.32. The first-order valence-electron chi connectivity index (χ1n) is 13.2. The Hall–Kier alpha value is -3.90. The second-order valence-corrected chi connectivity index (χ2v) is 10.7. The van der Waals surface area contributed by atoms with E-state index in [4.69, 9.17) is 40.7 Å². The molecule has 1 atom stereocenters. The lowest BCUT2D eigenvalue weighted by atomic mass is 10.1. The van der Waals surface area contributed by atoms with Crippen molar-refractivity contribution in [2.45, 2.75) is 38.9 Å². The number of hydrogen-bond donors (Lipinski definition) is 2. The van der Waals surface area contributed by atoms with Gasteiger partial charge in [0.1, 0.15) is 0 Å². The molecule has 0 unspecified atom stereocenters. The topological polar surface area (TPSA) is 86.0 Å². The van der Waals surface area contributed by atoms with Crippen LogP contribution < -0.4 is 10.6 Å². The highest BCUT2D eigenvalue weighted by atomic mass is 35.5. The number of hydrogen-bond acceptors (Lipinski definition) is 4. The minimum atomic E-state index is -0.175. The van der Waals surface area contributed by atoms with Gasteiger partial charge in [-0.05, 0) is 60.1 Å². The molecular weight excluding hydrogens is 575 g/mol. The summed E-state index contributed by atoms with van der Waals surface area (Å²) in [6.45, 7) is 3.47. The summed E-state index contributed by atoms with van der Waals surface area (Å²) in [5.41, 5.74) is 4.13. The molecule has 0 saturated heterocycles. The van der Waals surface area contributed by atoms with Gasteiger partial charge in [-0.3, -0.25) is 4.79 Å². The monoisotopic (exact) mass is 604 g/mol. The zero-order valence-electron chi connectivity index (χ0n) is 22.6. The van der Waals surface area contributed by atoms with E-state index in [2.05, 4.69) is 21.7 Å². The fourth-order valence-corrected chi connectivity index (χ4v) is 4.96. The standard InChI is InChI=1S/C31H30Cl2N6OS/c1-2-25(36-29(40)15-27-17-35-21-39(27)18-23-13-11-22(16-34)12-14-23)20-38(19-24-7-6-10-28(32)30(24)33)31(41)37-26-8-4-3-5-9-26/h3-14,17,21,25H,2,15,18-20H2,1H3,(H,36,40)(H,37,41)/t25-/m0/s1. The molecule has 0 aliphatic rings. The molecule has 0 aliphatic heterocycles. The van der Waals surface area contributed by atoms with Crippen molar-refractivity contribution in [3.05, 3.63) is 118 Å². The molecule has 0 radical (unpaired) electrons. The van der Waals surface area contributed by atoms with Gasteiger partial charge in [0.15, 0.2) is 5.11 Å². The van der Waals surface area contributed by atoms with E-state index in [-0.39, 0.29) is 18.4 Å². The Morgan fingerprint density at radius 2 is 1.85 bits per heavy atom. The second kappa shape index (κ2) is 14.6. The highest BCUT2D eigenvalue weighted by Gasteiger charge is 2.20. The molecule has 1 amide bonds. The van der Waals surface area contributed by atoms with E-state index >= 15 is 0 Å². The lowest BCUT2D eigenvalue weighted by molar-refractivity contribution is -0.121. The summed E-state index contributed by atoms with van der Waals surface area (Å²) in [6, 6.07) is 24.5. The SMILES string of the molecule is CC[C@@H](CN(Cc1cccc(Cl)c1Cl)C(=S)Nc1ccccc1)NC(=O)Cc1cncn1Cc1ccc(C#N)cc1. The third-order valence-corrected chi connectivity index (χ3v) is 7.80. The van der Waals surface area contributed by atoms with Gasteiger partial charge in [-0.15, -0.1) is 0 Å². The van der Waals surface area contributed by atoms with Crippen LogP contribution in [-0.4, -0.2) is 38.1 Å². The van der Waals surface area contributed by atoms with Gasteiger partial charge < -0.3 is 20.1 Å². The number of nitriles is 1. The molecule has 210 valence electrons. The Morgan fingerprint density at radius 1 is 1.10 bits per heavy atom. The van der Waals surface area contributed by atoms with Crippen molar-refractivity contribution in [2.24, 2.45) is 0 Å². The van der Waals surface area contributed by atoms with Crippen LogP contribution in [-0.2, 0) is 24.3 Å². The van der Waals surface area contributed by atoms with Crippen LogP contribution in [0.25, 0.3) is 0 Å². The van der Waals surface area contributed by atoms with Crippen molar-refractivity contribution in [2.75, 3.05) is 11.9 Å². The third-order valence-electron chi connectivity index (χ3n) is 6.58. The molecule has 4 aromatic rings. The first-order chi connectivity index (χ1) is 19.9. The quantitative estimate of drug-likeness (QED) is 0.191. The summed E-state index contributed by atoms with van der Waals surface area (Å²) >= 11 is 18.6. The highest BCUT2D eigenvalue weighted by molar-refractivity contribution is 7.80. The van der Waals surface area contributed by atoms with Crippen molar-refractivity contribution >= 4 is 52.1 Å². The average molecular weight is 606 g/mol. The normalized spacial score (nSPS) is 11.4. The van der Waals surface area contributed by atoms with Crippen molar-refractivity contribution in [1.82, 2.24) is 19.8 Å². The predicted molar refractivity (Wildman–Crippen MR) is 168 cm³/mol. The van der Waals surface area contributed by atoms with E-state index in [1.165, 1.54) is 0 Å². The summed E-state index contributed by atoms with van der Waals surface area (Å²) in [7, 11) is 0. The highest BCUT2D eigenvalue weighted by Crippen LogP contribution is 2.27. The number of carbonyl (C=O) groups excluding carboxylic acids is 1. The molecular formula is C31H30Cl2N6OS. The molecule has 1 aromatic heterocycles. The van der Waals surface area contributed by atoms with Gasteiger partial charge in [-0.25, -0.2) is 4.98 Å². The molecule has 41 heavy (non-hydrogen) atoms. The lowest BCUT2D eigenvalue weighted by Gasteiger charge is -2.30. The van der Waals surface area contributed by atoms with Crippen LogP contribution in [0.1, 0.15) is 35.7 Å². The Balaban J connectivity index is 1.44. The number of halogens is 2. The molecule has 4 rings (SSSR count). The summed E-state index contributed by atoms with van der Waals surface area (Å²) in [6.07, 6.45) is 4.29. The van der Waals surface area contributed by atoms with Crippen molar-refractivity contribution in [1.29, 1.82) is 5.26 Å². The number of para-hydroxylation sites is 1. The minimum absolute atomic E-state index is 0.110. The van der Waals surface area contributed by atoms with Crippen LogP contribution in [0.5, 0.6) is 0 Å². The van der Waals surface area contributed by atoms with Crippen LogP contribution in [0.3, 0.4) is 0 Å². The molecule has 0 spiro atoms. The van der Waals surface area contributed by atoms with Crippen molar-refractivity contribution in [3.63, 3.8) is 0 Å². The maximum absolute atomic E-state index is 13.2. The van der Waals surface area contributed by atoms with E-state index in [1.807, 2.05) is 71.0 Å². The van der Waals surface area contributed by atoms with Gasteiger partial charge in [0.2, 0.25) is 5.91 Å². The van der Waals surface area contributed by atoms with Gasteiger partial charge in [-0.1, -0.05) is 72.6 Å². The molecule has 3 aromatic carbocycles. The Bertz CT molecular complexity index is 1520. The van der Waals surface area contributed by atoms with E-state index < -0.39 is 0 Å². The van der Waals surface area contributed by atoms with E-state index in [9.17, 15) is 4.79 Å².